The molecule has 1 aliphatic heterocycles. The molecule has 0 radical (unpaired) electrons. The third kappa shape index (κ3) is 5.07. The van der Waals surface area contributed by atoms with E-state index in [1.807, 2.05) is 27.7 Å². The Labute approximate surface area is 200 Å². The minimum absolute atomic E-state index is 0.0499. The van der Waals surface area contributed by atoms with Gasteiger partial charge in [0.05, 0.1) is 12.2 Å². The van der Waals surface area contributed by atoms with Crippen molar-refractivity contribution in [2.24, 2.45) is 0 Å². The fourth-order valence-electron chi connectivity index (χ4n) is 4.34. The number of carbonyl (C=O) groups is 1. The number of carbonyl (C=O) groups excluding carboxylic acids is 1. The zero-order valence-electron chi connectivity index (χ0n) is 20.0. The zero-order chi connectivity index (χ0) is 25.3. The fourth-order valence-corrected chi connectivity index (χ4v) is 4.34. The summed E-state index contributed by atoms with van der Waals surface area (Å²) in [5, 5.41) is 3.22. The lowest BCUT2D eigenvalue weighted by Crippen LogP contribution is -2.52. The van der Waals surface area contributed by atoms with E-state index in [0.29, 0.717) is 54.4 Å². The normalized spacial score (nSPS) is 19.7. The van der Waals surface area contributed by atoms with Crippen LogP contribution in [0.25, 0.3) is 22.6 Å². The van der Waals surface area contributed by atoms with Gasteiger partial charge in [0.25, 0.3) is 0 Å². The van der Waals surface area contributed by atoms with Crippen LogP contribution in [-0.4, -0.2) is 66.6 Å². The summed E-state index contributed by atoms with van der Waals surface area (Å²) in [5.41, 5.74) is 0.386. The average Bonchev–Trinajstić information content (AvgIpc) is 3.20. The van der Waals surface area contributed by atoms with Gasteiger partial charge in [-0.15, -0.1) is 0 Å². The molecule has 0 spiro atoms. The third-order valence-corrected chi connectivity index (χ3v) is 5.91. The Bertz CT molecular complexity index is 1190. The van der Waals surface area contributed by atoms with Crippen LogP contribution >= 0.6 is 0 Å². The van der Waals surface area contributed by atoms with Crippen LogP contribution in [0.3, 0.4) is 0 Å². The Morgan fingerprint density at radius 1 is 1.17 bits per heavy atom. The van der Waals surface area contributed by atoms with Gasteiger partial charge in [-0.1, -0.05) is 6.92 Å². The SMILES string of the molecule is CC[C@@H](Nc1ncnc2c1nc(-c1ccc(C(F)(F)F)nc1)n2CC)C(=O)N1C[C@@H](C)O[C@@H](C)C1. The minimum atomic E-state index is -4.52. The second-order valence-corrected chi connectivity index (χ2v) is 8.61. The molecule has 188 valence electrons. The molecule has 35 heavy (non-hydrogen) atoms. The molecule has 12 heteroatoms. The van der Waals surface area contributed by atoms with Gasteiger partial charge in [-0.05, 0) is 39.3 Å². The number of aryl methyl sites for hydroxylation is 1. The first-order valence-electron chi connectivity index (χ1n) is 11.6. The smallest absolute Gasteiger partial charge is 0.372 e. The largest absolute Gasteiger partial charge is 0.433 e. The Hall–Kier alpha value is -3.28. The number of hydrogen-bond acceptors (Lipinski definition) is 7. The van der Waals surface area contributed by atoms with Gasteiger partial charge in [-0.25, -0.2) is 15.0 Å². The Kier molecular flexibility index (Phi) is 6.93. The fraction of sp³-hybridized carbons (Fsp3) is 0.522. The number of rotatable bonds is 6. The topological polar surface area (TPSA) is 98.1 Å². The summed E-state index contributed by atoms with van der Waals surface area (Å²) in [4.78, 5) is 31.9. The highest BCUT2D eigenvalue weighted by molar-refractivity contribution is 5.90. The summed E-state index contributed by atoms with van der Waals surface area (Å²) in [6.45, 7) is 9.16. The molecule has 0 saturated carbocycles. The van der Waals surface area contributed by atoms with Crippen molar-refractivity contribution in [1.29, 1.82) is 0 Å². The van der Waals surface area contributed by atoms with E-state index >= 15 is 0 Å². The van der Waals surface area contributed by atoms with Gasteiger partial charge in [0.2, 0.25) is 5.91 Å². The van der Waals surface area contributed by atoms with Crippen LogP contribution in [0.2, 0.25) is 0 Å². The van der Waals surface area contributed by atoms with Crippen LogP contribution in [0.1, 0.15) is 39.8 Å². The predicted octanol–water partition coefficient (Wildman–Crippen LogP) is 3.75. The second kappa shape index (κ2) is 9.76. The van der Waals surface area contributed by atoms with Crippen molar-refractivity contribution in [3.63, 3.8) is 0 Å². The highest BCUT2D eigenvalue weighted by Gasteiger charge is 2.33. The lowest BCUT2D eigenvalue weighted by atomic mass is 10.1. The number of nitrogens with zero attached hydrogens (tertiary/aromatic N) is 6. The molecular formula is C23H28F3N7O2. The molecule has 9 nitrogen and oxygen atoms in total. The number of morpholine rings is 1. The third-order valence-electron chi connectivity index (χ3n) is 5.91. The van der Waals surface area contributed by atoms with Gasteiger partial charge >= 0.3 is 6.18 Å². The number of pyridine rings is 1. The highest BCUT2D eigenvalue weighted by Crippen LogP contribution is 2.31. The highest BCUT2D eigenvalue weighted by atomic mass is 19.4. The monoisotopic (exact) mass is 491 g/mol. The summed E-state index contributed by atoms with van der Waals surface area (Å²) in [5.74, 6) is 0.753. The zero-order valence-corrected chi connectivity index (χ0v) is 20.0. The lowest BCUT2D eigenvalue weighted by molar-refractivity contribution is -0.144. The van der Waals surface area contributed by atoms with Crippen molar-refractivity contribution in [1.82, 2.24) is 29.4 Å². The maximum atomic E-state index is 13.3. The minimum Gasteiger partial charge on any atom is -0.372 e. The Morgan fingerprint density at radius 2 is 1.89 bits per heavy atom. The van der Waals surface area contributed by atoms with Crippen LogP contribution in [0.5, 0.6) is 0 Å². The standard InChI is InChI=1S/C23H28F3N7O2/c1-5-16(22(34)32-10-13(3)35-14(4)11-32)30-19-18-21(29-12-28-19)33(6-2)20(31-18)15-7-8-17(27-9-15)23(24,25)26/h7-9,12-14,16H,5-6,10-11H2,1-4H3,(H,28,29,30)/t13-,14+,16-/m1/s1. The number of hydrogen-bond donors (Lipinski definition) is 1. The maximum absolute atomic E-state index is 13.3. The summed E-state index contributed by atoms with van der Waals surface area (Å²) in [6, 6.07) is 1.73. The maximum Gasteiger partial charge on any atom is 0.433 e. The number of aromatic nitrogens is 5. The number of fused-ring (bicyclic) bond motifs is 1. The van der Waals surface area contributed by atoms with Crippen molar-refractivity contribution in [2.45, 2.75) is 65.1 Å². The molecule has 0 aliphatic carbocycles. The van der Waals surface area contributed by atoms with Crippen molar-refractivity contribution < 1.29 is 22.7 Å². The van der Waals surface area contributed by atoms with E-state index < -0.39 is 17.9 Å². The molecule has 1 fully saturated rings. The van der Waals surface area contributed by atoms with E-state index in [1.54, 1.807) is 9.47 Å². The molecule has 3 aromatic rings. The number of amides is 1. The van der Waals surface area contributed by atoms with E-state index in [-0.39, 0.29) is 18.1 Å². The van der Waals surface area contributed by atoms with Crippen molar-refractivity contribution >= 4 is 22.9 Å². The predicted molar refractivity (Wildman–Crippen MR) is 124 cm³/mol. The molecule has 3 atom stereocenters. The van der Waals surface area contributed by atoms with E-state index in [4.69, 9.17) is 4.74 Å². The first kappa shape index (κ1) is 24.8. The van der Waals surface area contributed by atoms with Crippen LogP contribution < -0.4 is 5.32 Å². The molecule has 4 heterocycles. The van der Waals surface area contributed by atoms with Gasteiger partial charge in [0, 0.05) is 31.4 Å². The van der Waals surface area contributed by atoms with E-state index in [2.05, 4.69) is 25.3 Å². The molecule has 0 aromatic carbocycles. The number of imidazole rings is 1. The van der Waals surface area contributed by atoms with Gasteiger partial charge < -0.3 is 19.5 Å². The van der Waals surface area contributed by atoms with Crippen molar-refractivity contribution in [3.05, 3.63) is 30.4 Å². The molecule has 1 aliphatic rings. The van der Waals surface area contributed by atoms with E-state index in [1.165, 1.54) is 12.4 Å². The van der Waals surface area contributed by atoms with Gasteiger partial charge in [0.15, 0.2) is 17.0 Å². The van der Waals surface area contributed by atoms with Crippen molar-refractivity contribution in [2.75, 3.05) is 18.4 Å². The van der Waals surface area contributed by atoms with Gasteiger partial charge in [0.1, 0.15) is 23.9 Å². The average molecular weight is 492 g/mol. The van der Waals surface area contributed by atoms with Crippen LogP contribution in [-0.2, 0) is 22.3 Å². The van der Waals surface area contributed by atoms with Crippen LogP contribution in [0, 0.1) is 0 Å². The molecule has 3 aromatic heterocycles. The summed E-state index contributed by atoms with van der Waals surface area (Å²) in [6.07, 6.45) is -1.57. The van der Waals surface area contributed by atoms with E-state index in [9.17, 15) is 18.0 Å². The number of ether oxygens (including phenoxy) is 1. The summed E-state index contributed by atoms with van der Waals surface area (Å²) in [7, 11) is 0. The molecule has 1 amide bonds. The van der Waals surface area contributed by atoms with E-state index in [0.717, 1.165) is 12.3 Å². The lowest BCUT2D eigenvalue weighted by Gasteiger charge is -2.37. The molecule has 0 bridgehead atoms. The summed E-state index contributed by atoms with van der Waals surface area (Å²) >= 11 is 0. The van der Waals surface area contributed by atoms with Crippen LogP contribution in [0.15, 0.2) is 24.7 Å². The quantitative estimate of drug-likeness (QED) is 0.561. The molecule has 0 unspecified atom stereocenters. The summed E-state index contributed by atoms with van der Waals surface area (Å²) < 4.78 is 46.3. The van der Waals surface area contributed by atoms with Crippen LogP contribution in [0.4, 0.5) is 19.0 Å². The number of halogens is 3. The number of alkyl halides is 3. The first-order valence-corrected chi connectivity index (χ1v) is 11.6. The Morgan fingerprint density at radius 3 is 2.46 bits per heavy atom. The van der Waals surface area contributed by atoms with Gasteiger partial charge in [-0.2, -0.15) is 13.2 Å². The number of nitrogens with one attached hydrogen (secondary N) is 1. The molecule has 1 saturated heterocycles. The molecule has 4 rings (SSSR count). The number of anilines is 1. The molecular weight excluding hydrogens is 463 g/mol. The Balaban J connectivity index is 1.66. The van der Waals surface area contributed by atoms with Crippen molar-refractivity contribution in [3.8, 4) is 11.4 Å². The molecule has 1 N–H and O–H groups in total. The van der Waals surface area contributed by atoms with Gasteiger partial charge in [-0.3, -0.25) is 9.78 Å². The second-order valence-electron chi connectivity index (χ2n) is 8.61. The first-order chi connectivity index (χ1) is 16.6.